The first-order chi connectivity index (χ1) is 9.16. The van der Waals surface area contributed by atoms with Crippen LogP contribution in [0.1, 0.15) is 24.2 Å². The van der Waals surface area contributed by atoms with Crippen LogP contribution >= 0.6 is 15.9 Å². The maximum atomic E-state index is 9.71. The Bertz CT molecular complexity index is 529. The summed E-state index contributed by atoms with van der Waals surface area (Å²) < 4.78 is 6.71. The highest BCUT2D eigenvalue weighted by Gasteiger charge is 2.09. The second-order valence-electron chi connectivity index (χ2n) is 4.31. The zero-order chi connectivity index (χ0) is 13.7. The molecular formula is C15H16BrNO2. The molecule has 2 aromatic rings. The number of rotatable bonds is 5. The van der Waals surface area contributed by atoms with Gasteiger partial charge in [0.1, 0.15) is 5.75 Å². The smallest absolute Gasteiger partial charge is 0.126 e. The van der Waals surface area contributed by atoms with E-state index in [1.54, 1.807) is 19.3 Å². The zero-order valence-corrected chi connectivity index (χ0v) is 12.3. The quantitative estimate of drug-likeness (QED) is 0.916. The fourth-order valence-corrected chi connectivity index (χ4v) is 2.15. The third kappa shape index (κ3) is 4.04. The van der Waals surface area contributed by atoms with E-state index in [-0.39, 0.29) is 0 Å². The molecule has 4 heteroatoms. The minimum atomic E-state index is -0.538. The monoisotopic (exact) mass is 321 g/mol. The molecule has 1 unspecified atom stereocenters. The summed E-state index contributed by atoms with van der Waals surface area (Å²) >= 11 is 3.41. The third-order valence-electron chi connectivity index (χ3n) is 2.82. The van der Waals surface area contributed by atoms with Crippen molar-refractivity contribution in [3.63, 3.8) is 0 Å². The Morgan fingerprint density at radius 1 is 1.26 bits per heavy atom. The molecule has 0 saturated heterocycles. The topological polar surface area (TPSA) is 42.4 Å². The van der Waals surface area contributed by atoms with Crippen molar-refractivity contribution in [3.8, 4) is 5.75 Å². The van der Waals surface area contributed by atoms with Crippen molar-refractivity contribution in [1.29, 1.82) is 0 Å². The van der Waals surface area contributed by atoms with Crippen molar-refractivity contribution >= 4 is 15.9 Å². The van der Waals surface area contributed by atoms with Gasteiger partial charge in [0.25, 0.3) is 0 Å². The highest BCUT2D eigenvalue weighted by Crippen LogP contribution is 2.28. The fraction of sp³-hybridized carbons (Fsp3) is 0.267. The molecule has 0 aliphatic heterocycles. The number of aliphatic hydroxyl groups is 1. The van der Waals surface area contributed by atoms with Crippen molar-refractivity contribution in [3.05, 3.63) is 58.3 Å². The van der Waals surface area contributed by atoms with Gasteiger partial charge in [-0.25, -0.2) is 0 Å². The molecule has 0 aliphatic carbocycles. The first-order valence-corrected chi connectivity index (χ1v) is 6.95. The van der Waals surface area contributed by atoms with Crippen molar-refractivity contribution in [2.75, 3.05) is 6.61 Å². The van der Waals surface area contributed by atoms with Crippen LogP contribution in [0, 0.1) is 0 Å². The Morgan fingerprint density at radius 2 is 2.00 bits per heavy atom. The predicted octanol–water partition coefficient (Wildman–Crippen LogP) is 3.52. The number of aromatic nitrogens is 1. The number of pyridine rings is 1. The molecule has 2 rings (SSSR count). The average Bonchev–Trinajstić information content (AvgIpc) is 2.39. The molecule has 0 fully saturated rings. The lowest BCUT2D eigenvalue weighted by Crippen LogP contribution is -2.05. The molecule has 0 radical (unpaired) electrons. The summed E-state index contributed by atoms with van der Waals surface area (Å²) in [6.07, 6.45) is 3.82. The maximum Gasteiger partial charge on any atom is 0.126 e. The largest absolute Gasteiger partial charge is 0.493 e. The highest BCUT2D eigenvalue weighted by molar-refractivity contribution is 9.10. The normalized spacial score (nSPS) is 12.2. The molecular weight excluding hydrogens is 306 g/mol. The molecule has 0 aliphatic rings. The Hall–Kier alpha value is -1.39. The van der Waals surface area contributed by atoms with E-state index in [9.17, 15) is 5.11 Å². The van der Waals surface area contributed by atoms with Crippen LogP contribution in [0.5, 0.6) is 5.75 Å². The number of hydrogen-bond acceptors (Lipinski definition) is 3. The lowest BCUT2D eigenvalue weighted by molar-refractivity contribution is 0.191. The van der Waals surface area contributed by atoms with Gasteiger partial charge in [0.2, 0.25) is 0 Å². The fourth-order valence-electron chi connectivity index (χ4n) is 1.81. The lowest BCUT2D eigenvalue weighted by atomic mass is 10.1. The first kappa shape index (κ1) is 14.0. The van der Waals surface area contributed by atoms with Crippen LogP contribution in [-0.2, 0) is 6.42 Å². The summed E-state index contributed by atoms with van der Waals surface area (Å²) in [4.78, 5) is 3.98. The molecule has 0 saturated carbocycles. The summed E-state index contributed by atoms with van der Waals surface area (Å²) in [5.74, 6) is 0.721. The van der Waals surface area contributed by atoms with Gasteiger partial charge in [-0.3, -0.25) is 4.98 Å². The van der Waals surface area contributed by atoms with E-state index in [4.69, 9.17) is 4.74 Å². The van der Waals surface area contributed by atoms with Gasteiger partial charge in [0.05, 0.1) is 12.7 Å². The predicted molar refractivity (Wildman–Crippen MR) is 78.2 cm³/mol. The van der Waals surface area contributed by atoms with Crippen LogP contribution in [0.15, 0.2) is 47.2 Å². The molecule has 1 heterocycles. The van der Waals surface area contributed by atoms with Gasteiger partial charge < -0.3 is 9.84 Å². The van der Waals surface area contributed by atoms with Crippen LogP contribution in [0.4, 0.5) is 0 Å². The lowest BCUT2D eigenvalue weighted by Gasteiger charge is -2.14. The van der Waals surface area contributed by atoms with E-state index in [1.807, 2.05) is 30.3 Å². The van der Waals surface area contributed by atoms with Crippen molar-refractivity contribution in [2.45, 2.75) is 19.4 Å². The molecule has 1 N–H and O–H groups in total. The van der Waals surface area contributed by atoms with Crippen LogP contribution < -0.4 is 4.74 Å². The summed E-state index contributed by atoms with van der Waals surface area (Å²) in [6, 6.07) is 9.60. The number of nitrogens with zero attached hydrogens (tertiary/aromatic N) is 1. The minimum absolute atomic E-state index is 0.538. The molecule has 100 valence electrons. The Labute approximate surface area is 121 Å². The van der Waals surface area contributed by atoms with E-state index in [1.165, 1.54) is 5.56 Å². The number of ether oxygens (including phenoxy) is 1. The van der Waals surface area contributed by atoms with E-state index >= 15 is 0 Å². The van der Waals surface area contributed by atoms with Crippen molar-refractivity contribution in [1.82, 2.24) is 4.98 Å². The SMILES string of the molecule is CC(O)c1ccc(Br)cc1OCCc1ccncc1. The second-order valence-corrected chi connectivity index (χ2v) is 5.23. The molecule has 1 atom stereocenters. The molecule has 1 aromatic heterocycles. The van der Waals surface area contributed by atoms with E-state index in [0.717, 1.165) is 22.2 Å². The maximum absolute atomic E-state index is 9.71. The minimum Gasteiger partial charge on any atom is -0.493 e. The zero-order valence-electron chi connectivity index (χ0n) is 10.7. The summed E-state index contributed by atoms with van der Waals surface area (Å²) in [5, 5.41) is 9.71. The Balaban J connectivity index is 2.01. The van der Waals surface area contributed by atoms with Gasteiger partial charge in [-0.1, -0.05) is 22.0 Å². The molecule has 3 nitrogen and oxygen atoms in total. The van der Waals surface area contributed by atoms with Gasteiger partial charge >= 0.3 is 0 Å². The van der Waals surface area contributed by atoms with Gasteiger partial charge in [-0.05, 0) is 36.8 Å². The van der Waals surface area contributed by atoms with E-state index < -0.39 is 6.10 Å². The summed E-state index contributed by atoms with van der Waals surface area (Å²) in [5.41, 5.74) is 1.99. The Kier molecular flexibility index (Phi) is 4.93. The molecule has 0 spiro atoms. The number of halogens is 1. The highest BCUT2D eigenvalue weighted by atomic mass is 79.9. The van der Waals surface area contributed by atoms with Crippen LogP contribution in [0.2, 0.25) is 0 Å². The van der Waals surface area contributed by atoms with Gasteiger partial charge in [-0.15, -0.1) is 0 Å². The summed E-state index contributed by atoms with van der Waals surface area (Å²) in [6.45, 7) is 2.30. The number of aliphatic hydroxyl groups excluding tert-OH is 1. The Morgan fingerprint density at radius 3 is 2.68 bits per heavy atom. The second kappa shape index (κ2) is 6.68. The molecule has 0 bridgehead atoms. The van der Waals surface area contributed by atoms with Crippen LogP contribution in [0.3, 0.4) is 0 Å². The molecule has 19 heavy (non-hydrogen) atoms. The summed E-state index contributed by atoms with van der Waals surface area (Å²) in [7, 11) is 0. The molecule has 0 amide bonds. The van der Waals surface area contributed by atoms with Gasteiger partial charge in [-0.2, -0.15) is 0 Å². The van der Waals surface area contributed by atoms with Gasteiger partial charge in [0.15, 0.2) is 0 Å². The third-order valence-corrected chi connectivity index (χ3v) is 3.32. The standard InChI is InChI=1S/C15H16BrNO2/c1-11(18)14-3-2-13(16)10-15(14)19-9-6-12-4-7-17-8-5-12/h2-5,7-8,10-11,18H,6,9H2,1H3. The number of benzene rings is 1. The van der Waals surface area contributed by atoms with Crippen molar-refractivity contribution < 1.29 is 9.84 Å². The van der Waals surface area contributed by atoms with Gasteiger partial charge in [0, 0.05) is 28.9 Å². The number of hydrogen-bond donors (Lipinski definition) is 1. The van der Waals surface area contributed by atoms with E-state index in [2.05, 4.69) is 20.9 Å². The van der Waals surface area contributed by atoms with E-state index in [0.29, 0.717) is 6.61 Å². The van der Waals surface area contributed by atoms with Crippen molar-refractivity contribution in [2.24, 2.45) is 0 Å². The first-order valence-electron chi connectivity index (χ1n) is 6.16. The van der Waals surface area contributed by atoms with Crippen LogP contribution in [0.25, 0.3) is 0 Å². The average molecular weight is 322 g/mol. The van der Waals surface area contributed by atoms with Crippen LogP contribution in [-0.4, -0.2) is 16.7 Å². The molecule has 1 aromatic carbocycles.